The first kappa shape index (κ1) is 19.7. The van der Waals surface area contributed by atoms with E-state index >= 15 is 0 Å². The average Bonchev–Trinajstić information content (AvgIpc) is 3.11. The lowest BCUT2D eigenvalue weighted by atomic mass is 10.1. The highest BCUT2D eigenvalue weighted by molar-refractivity contribution is 7.92. The maximum atomic E-state index is 12.9. The number of anilines is 2. The minimum Gasteiger partial charge on any atom is -0.465 e. The van der Waals surface area contributed by atoms with Crippen LogP contribution in [0.5, 0.6) is 0 Å². The van der Waals surface area contributed by atoms with Gasteiger partial charge < -0.3 is 15.4 Å². The number of amides is 2. The highest BCUT2D eigenvalue weighted by atomic mass is 32.2. The van der Waals surface area contributed by atoms with Gasteiger partial charge in [0.05, 0.1) is 17.2 Å². The van der Waals surface area contributed by atoms with Crippen molar-refractivity contribution in [1.29, 1.82) is 0 Å². The number of fused-ring (bicyclic) bond motifs is 1. The van der Waals surface area contributed by atoms with Crippen LogP contribution >= 0.6 is 0 Å². The number of ether oxygens (including phenoxy) is 1. The van der Waals surface area contributed by atoms with Gasteiger partial charge in [-0.3, -0.25) is 9.10 Å². The molecule has 0 aromatic heterocycles. The molecule has 0 fully saturated rings. The molecule has 28 heavy (non-hydrogen) atoms. The summed E-state index contributed by atoms with van der Waals surface area (Å²) in [6.07, 6.45) is 0.543. The van der Waals surface area contributed by atoms with Crippen LogP contribution in [-0.2, 0) is 26.0 Å². The van der Waals surface area contributed by atoms with E-state index in [0.29, 0.717) is 24.3 Å². The van der Waals surface area contributed by atoms with Crippen LogP contribution in [-0.4, -0.2) is 40.1 Å². The molecule has 0 atom stereocenters. The van der Waals surface area contributed by atoms with Crippen LogP contribution in [0.4, 0.5) is 16.2 Å². The van der Waals surface area contributed by atoms with Crippen molar-refractivity contribution in [2.45, 2.75) is 18.2 Å². The van der Waals surface area contributed by atoms with Crippen molar-refractivity contribution in [3.8, 4) is 0 Å². The predicted octanol–water partition coefficient (Wildman–Crippen LogP) is 2.12. The van der Waals surface area contributed by atoms with Crippen LogP contribution in [0.2, 0.25) is 0 Å². The van der Waals surface area contributed by atoms with Crippen molar-refractivity contribution in [2.75, 3.05) is 29.3 Å². The molecule has 2 amide bonds. The van der Waals surface area contributed by atoms with Gasteiger partial charge in [0, 0.05) is 12.2 Å². The van der Waals surface area contributed by atoms with Gasteiger partial charge in [-0.25, -0.2) is 13.2 Å². The number of nitrogens with zero attached hydrogens (tertiary/aromatic N) is 1. The molecule has 2 aromatic carbocycles. The van der Waals surface area contributed by atoms with Gasteiger partial charge in [0.15, 0.2) is 0 Å². The molecule has 1 aliphatic rings. The normalized spacial score (nSPS) is 13.0. The fourth-order valence-electron chi connectivity index (χ4n) is 2.96. The topological polar surface area (TPSA) is 105 Å². The van der Waals surface area contributed by atoms with E-state index in [-0.39, 0.29) is 18.0 Å². The molecule has 0 aliphatic carbocycles. The largest absolute Gasteiger partial charge is 0.465 e. The van der Waals surface area contributed by atoms with Gasteiger partial charge in [-0.2, -0.15) is 0 Å². The quantitative estimate of drug-likeness (QED) is 0.719. The third-order valence-electron chi connectivity index (χ3n) is 4.22. The number of urea groups is 1. The summed E-state index contributed by atoms with van der Waals surface area (Å²) in [5, 5.41) is 5.04. The Morgan fingerprint density at radius 2 is 1.89 bits per heavy atom. The summed E-state index contributed by atoms with van der Waals surface area (Å²) in [6.45, 7) is 2.04. The van der Waals surface area contributed by atoms with Crippen molar-refractivity contribution in [1.82, 2.24) is 5.32 Å². The van der Waals surface area contributed by atoms with Crippen molar-refractivity contribution < 1.29 is 22.7 Å². The maximum absolute atomic E-state index is 12.9. The van der Waals surface area contributed by atoms with Gasteiger partial charge in [-0.1, -0.05) is 18.2 Å². The second-order valence-corrected chi connectivity index (χ2v) is 7.96. The fourth-order valence-corrected chi connectivity index (χ4v) is 4.48. The molecule has 1 heterocycles. The highest BCUT2D eigenvalue weighted by Crippen LogP contribution is 2.34. The van der Waals surface area contributed by atoms with E-state index in [1.807, 2.05) is 0 Å². The number of carbonyl (C=O) groups is 2. The SMILES string of the molecule is CCOC(=O)CNC(=O)Nc1ccc2c(c1)CCN2S(=O)(=O)c1ccccc1. The molecule has 1 aliphatic heterocycles. The first-order valence-electron chi connectivity index (χ1n) is 8.83. The lowest BCUT2D eigenvalue weighted by Gasteiger charge is -2.19. The zero-order valence-corrected chi connectivity index (χ0v) is 16.2. The Bertz CT molecular complexity index is 976. The third kappa shape index (κ3) is 4.25. The number of esters is 1. The summed E-state index contributed by atoms with van der Waals surface area (Å²) in [6, 6.07) is 12.8. The molecule has 0 saturated carbocycles. The molecule has 9 heteroatoms. The lowest BCUT2D eigenvalue weighted by molar-refractivity contribution is -0.141. The summed E-state index contributed by atoms with van der Waals surface area (Å²) in [4.78, 5) is 23.4. The Hall–Kier alpha value is -3.07. The van der Waals surface area contributed by atoms with E-state index in [2.05, 4.69) is 10.6 Å². The second-order valence-electron chi connectivity index (χ2n) is 6.10. The van der Waals surface area contributed by atoms with Gasteiger partial charge in [0.25, 0.3) is 10.0 Å². The number of carbonyl (C=O) groups excluding carboxylic acids is 2. The maximum Gasteiger partial charge on any atom is 0.325 e. The van der Waals surface area contributed by atoms with Crippen LogP contribution in [0.15, 0.2) is 53.4 Å². The molecule has 0 unspecified atom stereocenters. The molecule has 2 N–H and O–H groups in total. The fraction of sp³-hybridized carbons (Fsp3) is 0.263. The van der Waals surface area contributed by atoms with Crippen molar-refractivity contribution in [3.05, 3.63) is 54.1 Å². The Kier molecular flexibility index (Phi) is 5.84. The number of sulfonamides is 1. The smallest absolute Gasteiger partial charge is 0.325 e. The lowest BCUT2D eigenvalue weighted by Crippen LogP contribution is -2.34. The number of hydrogen-bond acceptors (Lipinski definition) is 5. The van der Waals surface area contributed by atoms with E-state index in [4.69, 9.17) is 4.74 Å². The average molecular weight is 403 g/mol. The first-order valence-corrected chi connectivity index (χ1v) is 10.3. The van der Waals surface area contributed by atoms with Crippen LogP contribution in [0.3, 0.4) is 0 Å². The van der Waals surface area contributed by atoms with Crippen molar-refractivity contribution >= 4 is 33.4 Å². The van der Waals surface area contributed by atoms with Gasteiger partial charge >= 0.3 is 12.0 Å². The predicted molar refractivity (Wildman–Crippen MR) is 105 cm³/mol. The standard InChI is InChI=1S/C19H21N3O5S/c1-2-27-18(23)13-20-19(24)21-15-8-9-17-14(12-15)10-11-22(17)28(25,26)16-6-4-3-5-7-16/h3-9,12H,2,10-11,13H2,1H3,(H2,20,21,24). The van der Waals surface area contributed by atoms with E-state index in [1.165, 1.54) is 4.31 Å². The molecule has 0 bridgehead atoms. The Morgan fingerprint density at radius 1 is 1.14 bits per heavy atom. The molecule has 0 spiro atoms. The van der Waals surface area contributed by atoms with E-state index < -0.39 is 22.0 Å². The zero-order valence-electron chi connectivity index (χ0n) is 15.3. The van der Waals surface area contributed by atoms with Crippen LogP contribution in [0.25, 0.3) is 0 Å². The zero-order chi connectivity index (χ0) is 20.1. The van der Waals surface area contributed by atoms with E-state index in [0.717, 1.165) is 5.56 Å². The summed E-state index contributed by atoms with van der Waals surface area (Å²) in [5.41, 5.74) is 1.93. The molecule has 2 aromatic rings. The van der Waals surface area contributed by atoms with E-state index in [1.54, 1.807) is 55.5 Å². The van der Waals surface area contributed by atoms with Crippen LogP contribution < -0.4 is 14.9 Å². The monoisotopic (exact) mass is 403 g/mol. The summed E-state index contributed by atoms with van der Waals surface area (Å²) < 4.78 is 31.8. The molecule has 3 rings (SSSR count). The van der Waals surface area contributed by atoms with E-state index in [9.17, 15) is 18.0 Å². The summed E-state index contributed by atoms with van der Waals surface area (Å²) >= 11 is 0. The number of nitrogens with one attached hydrogen (secondary N) is 2. The number of benzene rings is 2. The summed E-state index contributed by atoms with van der Waals surface area (Å²) in [5.74, 6) is -0.520. The number of hydrogen-bond donors (Lipinski definition) is 2. The third-order valence-corrected chi connectivity index (χ3v) is 6.05. The Labute approximate surface area is 163 Å². The first-order chi connectivity index (χ1) is 13.4. The minimum atomic E-state index is -3.63. The number of rotatable bonds is 6. The van der Waals surface area contributed by atoms with Gasteiger partial charge in [-0.05, 0) is 49.2 Å². The van der Waals surface area contributed by atoms with Gasteiger partial charge in [0.1, 0.15) is 6.54 Å². The minimum absolute atomic E-state index is 0.228. The van der Waals surface area contributed by atoms with Crippen LogP contribution in [0.1, 0.15) is 12.5 Å². The van der Waals surface area contributed by atoms with Crippen molar-refractivity contribution in [3.63, 3.8) is 0 Å². The van der Waals surface area contributed by atoms with Crippen LogP contribution in [0, 0.1) is 0 Å². The highest BCUT2D eigenvalue weighted by Gasteiger charge is 2.30. The van der Waals surface area contributed by atoms with Gasteiger partial charge in [-0.15, -0.1) is 0 Å². The van der Waals surface area contributed by atoms with Crippen molar-refractivity contribution in [2.24, 2.45) is 0 Å². The second kappa shape index (κ2) is 8.30. The molecule has 0 saturated heterocycles. The van der Waals surface area contributed by atoms with Gasteiger partial charge in [0.2, 0.25) is 0 Å². The Balaban J connectivity index is 1.70. The molecule has 8 nitrogen and oxygen atoms in total. The molecule has 0 radical (unpaired) electrons. The molecule has 148 valence electrons. The molecular formula is C19H21N3O5S. The molecular weight excluding hydrogens is 382 g/mol. The summed E-state index contributed by atoms with van der Waals surface area (Å²) in [7, 11) is -3.63. The Morgan fingerprint density at radius 3 is 2.61 bits per heavy atom.